The number of nitrogens with zero attached hydrogens (tertiary/aromatic N) is 2. The Balaban J connectivity index is 2.40. The molecule has 0 unspecified atom stereocenters. The van der Waals surface area contributed by atoms with E-state index < -0.39 is 20.5 Å². The molecular weight excluding hydrogens is 224 g/mol. The van der Waals surface area contributed by atoms with Crippen LogP contribution in [0.4, 0.5) is 0 Å². The van der Waals surface area contributed by atoms with Crippen molar-refractivity contribution in [3.8, 4) is 12.1 Å². The molecule has 1 atom stereocenters. The standard InChI is InChI=1S/C11H8N2O2S/c12-7-11(8-13)6-10(11)16(14,15)9-4-2-1-3-5-9/h1-5,10H,6H2/t10-/m1/s1. The molecule has 1 fully saturated rings. The van der Waals surface area contributed by atoms with Crippen LogP contribution in [0.25, 0.3) is 0 Å². The third kappa shape index (κ3) is 1.37. The van der Waals surface area contributed by atoms with Gasteiger partial charge in [-0.15, -0.1) is 0 Å². The Kier molecular flexibility index (Phi) is 2.22. The van der Waals surface area contributed by atoms with Gasteiger partial charge in [-0.05, 0) is 12.1 Å². The molecule has 1 aromatic rings. The van der Waals surface area contributed by atoms with E-state index in [1.54, 1.807) is 30.3 Å². The highest BCUT2D eigenvalue weighted by Crippen LogP contribution is 2.51. The Morgan fingerprint density at radius 1 is 1.19 bits per heavy atom. The van der Waals surface area contributed by atoms with Crippen molar-refractivity contribution in [3.05, 3.63) is 30.3 Å². The first kappa shape index (κ1) is 10.7. The molecule has 2 rings (SSSR count). The second kappa shape index (κ2) is 3.33. The summed E-state index contributed by atoms with van der Waals surface area (Å²) >= 11 is 0. The van der Waals surface area contributed by atoms with Crippen LogP contribution < -0.4 is 0 Å². The van der Waals surface area contributed by atoms with E-state index in [0.29, 0.717) is 0 Å². The van der Waals surface area contributed by atoms with E-state index in [9.17, 15) is 8.42 Å². The van der Waals surface area contributed by atoms with Crippen molar-refractivity contribution in [2.75, 3.05) is 0 Å². The molecule has 0 spiro atoms. The Labute approximate surface area is 93.7 Å². The average Bonchev–Trinajstić information content (AvgIpc) is 3.06. The predicted octanol–water partition coefficient (Wildman–Crippen LogP) is 1.27. The Hall–Kier alpha value is -1.85. The largest absolute Gasteiger partial charge is 0.223 e. The minimum absolute atomic E-state index is 0.108. The van der Waals surface area contributed by atoms with Gasteiger partial charge in [-0.25, -0.2) is 8.42 Å². The minimum Gasteiger partial charge on any atom is -0.223 e. The lowest BCUT2D eigenvalue weighted by atomic mass is 10.2. The van der Waals surface area contributed by atoms with E-state index in [4.69, 9.17) is 10.5 Å². The molecule has 5 heteroatoms. The van der Waals surface area contributed by atoms with Crippen molar-refractivity contribution in [2.45, 2.75) is 16.6 Å². The van der Waals surface area contributed by atoms with Gasteiger partial charge >= 0.3 is 0 Å². The van der Waals surface area contributed by atoms with Crippen LogP contribution in [-0.2, 0) is 9.84 Å². The summed E-state index contributed by atoms with van der Waals surface area (Å²) in [6.45, 7) is 0. The average molecular weight is 232 g/mol. The molecule has 0 heterocycles. The van der Waals surface area contributed by atoms with Crippen molar-refractivity contribution in [1.29, 1.82) is 10.5 Å². The predicted molar refractivity (Wildman–Crippen MR) is 55.7 cm³/mol. The monoisotopic (exact) mass is 232 g/mol. The molecule has 0 aromatic heterocycles. The molecule has 16 heavy (non-hydrogen) atoms. The van der Waals surface area contributed by atoms with Gasteiger partial charge in [0, 0.05) is 6.42 Å². The number of hydrogen-bond acceptors (Lipinski definition) is 4. The van der Waals surface area contributed by atoms with E-state index in [-0.39, 0.29) is 11.3 Å². The summed E-state index contributed by atoms with van der Waals surface area (Å²) in [6, 6.07) is 11.5. The van der Waals surface area contributed by atoms with E-state index in [0.717, 1.165) is 0 Å². The molecule has 1 saturated carbocycles. The highest BCUT2D eigenvalue weighted by molar-refractivity contribution is 7.92. The van der Waals surface area contributed by atoms with Crippen LogP contribution in [-0.4, -0.2) is 13.7 Å². The maximum absolute atomic E-state index is 12.0. The van der Waals surface area contributed by atoms with Crippen molar-refractivity contribution < 1.29 is 8.42 Å². The molecule has 80 valence electrons. The van der Waals surface area contributed by atoms with E-state index in [1.807, 2.05) is 0 Å². The van der Waals surface area contributed by atoms with Crippen molar-refractivity contribution in [3.63, 3.8) is 0 Å². The first-order valence-electron chi connectivity index (χ1n) is 4.68. The number of hydrogen-bond donors (Lipinski definition) is 0. The first-order chi connectivity index (χ1) is 7.57. The van der Waals surface area contributed by atoms with Crippen LogP contribution in [0.1, 0.15) is 6.42 Å². The van der Waals surface area contributed by atoms with Gasteiger partial charge in [-0.1, -0.05) is 18.2 Å². The Morgan fingerprint density at radius 3 is 2.19 bits per heavy atom. The summed E-state index contributed by atoms with van der Waals surface area (Å²) in [5.74, 6) is 0. The molecule has 0 N–H and O–H groups in total. The van der Waals surface area contributed by atoms with Crippen LogP contribution in [0, 0.1) is 28.1 Å². The highest BCUT2D eigenvalue weighted by Gasteiger charge is 2.63. The van der Waals surface area contributed by atoms with Gasteiger partial charge in [0.05, 0.1) is 17.0 Å². The van der Waals surface area contributed by atoms with Crippen LogP contribution in [0.3, 0.4) is 0 Å². The number of sulfone groups is 1. The smallest absolute Gasteiger partial charge is 0.183 e. The van der Waals surface area contributed by atoms with Crippen molar-refractivity contribution >= 4 is 9.84 Å². The summed E-state index contributed by atoms with van der Waals surface area (Å²) in [4.78, 5) is 0.173. The summed E-state index contributed by atoms with van der Waals surface area (Å²) in [6.07, 6.45) is 0.108. The van der Waals surface area contributed by atoms with Crippen LogP contribution in [0.5, 0.6) is 0 Å². The lowest BCUT2D eigenvalue weighted by Gasteiger charge is -2.02. The third-order valence-electron chi connectivity index (χ3n) is 2.74. The quantitative estimate of drug-likeness (QED) is 0.768. The second-order valence-corrected chi connectivity index (χ2v) is 5.88. The van der Waals surface area contributed by atoms with Gasteiger partial charge < -0.3 is 0 Å². The topological polar surface area (TPSA) is 81.7 Å². The fraction of sp³-hybridized carbons (Fsp3) is 0.273. The van der Waals surface area contributed by atoms with Gasteiger partial charge in [0.25, 0.3) is 0 Å². The first-order valence-corrected chi connectivity index (χ1v) is 6.23. The van der Waals surface area contributed by atoms with Gasteiger partial charge in [0.1, 0.15) is 5.25 Å². The van der Waals surface area contributed by atoms with Crippen molar-refractivity contribution in [1.82, 2.24) is 0 Å². The second-order valence-electron chi connectivity index (χ2n) is 3.75. The number of nitriles is 2. The molecule has 0 aliphatic heterocycles. The fourth-order valence-electron chi connectivity index (χ4n) is 1.64. The van der Waals surface area contributed by atoms with Gasteiger partial charge in [0.2, 0.25) is 0 Å². The number of benzene rings is 1. The third-order valence-corrected chi connectivity index (χ3v) is 4.99. The van der Waals surface area contributed by atoms with Gasteiger partial charge in [0.15, 0.2) is 15.3 Å². The molecule has 0 radical (unpaired) electrons. The Bertz CT molecular complexity index is 579. The molecule has 1 aliphatic carbocycles. The molecule has 4 nitrogen and oxygen atoms in total. The lowest BCUT2D eigenvalue weighted by Crippen LogP contribution is -2.14. The summed E-state index contributed by atoms with van der Waals surface area (Å²) < 4.78 is 24.1. The summed E-state index contributed by atoms with van der Waals surface area (Å²) in [5.41, 5.74) is -1.34. The maximum Gasteiger partial charge on any atom is 0.183 e. The molecular formula is C11H8N2O2S. The van der Waals surface area contributed by atoms with Gasteiger partial charge in [-0.3, -0.25) is 0 Å². The summed E-state index contributed by atoms with van der Waals surface area (Å²) in [5, 5.41) is 16.7. The Morgan fingerprint density at radius 2 is 1.75 bits per heavy atom. The maximum atomic E-state index is 12.0. The van der Waals surface area contributed by atoms with Crippen LogP contribution in [0.15, 0.2) is 35.2 Å². The molecule has 1 aliphatic rings. The van der Waals surface area contributed by atoms with Crippen LogP contribution in [0.2, 0.25) is 0 Å². The van der Waals surface area contributed by atoms with E-state index in [2.05, 4.69) is 0 Å². The van der Waals surface area contributed by atoms with Crippen LogP contribution >= 0.6 is 0 Å². The zero-order chi connectivity index (χ0) is 11.8. The number of rotatable bonds is 2. The SMILES string of the molecule is N#CC1(C#N)C[C@H]1S(=O)(=O)c1ccccc1. The lowest BCUT2D eigenvalue weighted by molar-refractivity contribution is 0.591. The fourth-order valence-corrected chi connectivity index (χ4v) is 3.63. The minimum atomic E-state index is -3.54. The van der Waals surface area contributed by atoms with Gasteiger partial charge in [-0.2, -0.15) is 10.5 Å². The van der Waals surface area contributed by atoms with Crippen molar-refractivity contribution in [2.24, 2.45) is 5.41 Å². The zero-order valence-corrected chi connectivity index (χ0v) is 9.11. The zero-order valence-electron chi connectivity index (χ0n) is 8.29. The molecule has 0 amide bonds. The molecule has 1 aromatic carbocycles. The summed E-state index contributed by atoms with van der Waals surface area (Å²) in [7, 11) is -3.54. The normalized spacial score (nSPS) is 21.8. The molecule has 0 bridgehead atoms. The molecule has 0 saturated heterocycles. The highest BCUT2D eigenvalue weighted by atomic mass is 32.2. The van der Waals surface area contributed by atoms with E-state index in [1.165, 1.54) is 12.1 Å². The van der Waals surface area contributed by atoms with E-state index >= 15 is 0 Å².